The van der Waals surface area contributed by atoms with Gasteiger partial charge < -0.3 is 5.11 Å². The van der Waals surface area contributed by atoms with Crippen LogP contribution in [0.1, 0.15) is 37.5 Å². The van der Waals surface area contributed by atoms with E-state index >= 15 is 0 Å². The van der Waals surface area contributed by atoms with Crippen molar-refractivity contribution in [3.63, 3.8) is 0 Å². The first kappa shape index (κ1) is 13.1. The van der Waals surface area contributed by atoms with E-state index in [4.69, 9.17) is 0 Å². The Morgan fingerprint density at radius 1 is 1.65 bits per heavy atom. The molecule has 1 saturated carbocycles. The number of aliphatic carboxylic acids is 1. The summed E-state index contributed by atoms with van der Waals surface area (Å²) < 4.78 is 1.08. The molecular formula is C13H17BrO2S. The normalized spacial score (nSPS) is 29.2. The highest BCUT2D eigenvalue weighted by Crippen LogP contribution is 2.43. The van der Waals surface area contributed by atoms with Crippen molar-refractivity contribution < 1.29 is 9.90 Å². The van der Waals surface area contributed by atoms with Gasteiger partial charge in [-0.2, -0.15) is 0 Å². The molecule has 1 aliphatic rings. The highest BCUT2D eigenvalue weighted by molar-refractivity contribution is 9.11. The van der Waals surface area contributed by atoms with E-state index in [9.17, 15) is 9.90 Å². The molecule has 94 valence electrons. The van der Waals surface area contributed by atoms with E-state index in [-0.39, 0.29) is 0 Å². The fourth-order valence-corrected chi connectivity index (χ4v) is 4.50. The zero-order valence-electron chi connectivity index (χ0n) is 9.91. The number of hydrogen-bond acceptors (Lipinski definition) is 2. The molecule has 0 saturated heterocycles. The largest absolute Gasteiger partial charge is 0.481 e. The number of rotatable bonds is 3. The van der Waals surface area contributed by atoms with Crippen molar-refractivity contribution in [2.75, 3.05) is 0 Å². The van der Waals surface area contributed by atoms with Crippen LogP contribution in [0, 0.1) is 11.3 Å². The van der Waals surface area contributed by atoms with Crippen molar-refractivity contribution in [1.29, 1.82) is 0 Å². The molecule has 0 aromatic carbocycles. The van der Waals surface area contributed by atoms with Crippen molar-refractivity contribution in [1.82, 2.24) is 0 Å². The number of hydrogen-bond donors (Lipinski definition) is 1. The summed E-state index contributed by atoms with van der Waals surface area (Å²) in [6.07, 6.45) is 4.53. The van der Waals surface area contributed by atoms with Crippen LogP contribution in [0.15, 0.2) is 15.9 Å². The second kappa shape index (κ2) is 5.11. The molecule has 0 aliphatic heterocycles. The lowest BCUT2D eigenvalue weighted by Gasteiger charge is -2.36. The fourth-order valence-electron chi connectivity index (χ4n) is 2.87. The molecular weight excluding hydrogens is 300 g/mol. The summed E-state index contributed by atoms with van der Waals surface area (Å²) in [7, 11) is 0. The van der Waals surface area contributed by atoms with Crippen LogP contribution < -0.4 is 0 Å². The Balaban J connectivity index is 2.19. The molecule has 2 rings (SSSR count). The third-order valence-corrected chi connectivity index (χ3v) is 5.31. The van der Waals surface area contributed by atoms with Crippen molar-refractivity contribution in [2.24, 2.45) is 11.3 Å². The van der Waals surface area contributed by atoms with Crippen LogP contribution in [0.25, 0.3) is 0 Å². The van der Waals surface area contributed by atoms with Gasteiger partial charge in [0.15, 0.2) is 0 Å². The van der Waals surface area contributed by atoms with E-state index in [0.717, 1.165) is 23.0 Å². The van der Waals surface area contributed by atoms with Gasteiger partial charge in [-0.1, -0.05) is 19.8 Å². The van der Waals surface area contributed by atoms with E-state index in [0.29, 0.717) is 12.3 Å². The first-order valence-corrected chi connectivity index (χ1v) is 7.60. The molecule has 17 heavy (non-hydrogen) atoms. The number of halogens is 1. The van der Waals surface area contributed by atoms with Gasteiger partial charge in [-0.25, -0.2) is 0 Å². The minimum Gasteiger partial charge on any atom is -0.481 e. The fraction of sp³-hybridized carbons (Fsp3) is 0.615. The summed E-state index contributed by atoms with van der Waals surface area (Å²) in [4.78, 5) is 12.8. The first-order valence-electron chi connectivity index (χ1n) is 5.99. The second-order valence-corrected chi connectivity index (χ2v) is 7.72. The van der Waals surface area contributed by atoms with Gasteiger partial charge in [-0.15, -0.1) is 11.3 Å². The second-order valence-electron chi connectivity index (χ2n) is 5.17. The summed E-state index contributed by atoms with van der Waals surface area (Å²) >= 11 is 5.09. The van der Waals surface area contributed by atoms with Crippen molar-refractivity contribution >= 4 is 33.2 Å². The Bertz CT molecular complexity index is 415. The van der Waals surface area contributed by atoms with E-state index in [1.807, 2.05) is 12.1 Å². The molecule has 1 aliphatic carbocycles. The Morgan fingerprint density at radius 3 is 2.94 bits per heavy atom. The van der Waals surface area contributed by atoms with Crippen LogP contribution in [0.5, 0.6) is 0 Å². The molecule has 1 aromatic rings. The van der Waals surface area contributed by atoms with Gasteiger partial charge >= 0.3 is 5.97 Å². The van der Waals surface area contributed by atoms with Gasteiger partial charge in [0.25, 0.3) is 0 Å². The SMILES string of the molecule is CC1CCCC(Cc2ccc(Br)s2)(C(=O)O)C1. The molecule has 1 N–H and O–H groups in total. The Labute approximate surface area is 114 Å². The van der Waals surface area contributed by atoms with Crippen LogP contribution in [-0.4, -0.2) is 11.1 Å². The molecule has 0 spiro atoms. The third-order valence-electron chi connectivity index (χ3n) is 3.69. The number of thiophene rings is 1. The van der Waals surface area contributed by atoms with Crippen LogP contribution in [-0.2, 0) is 11.2 Å². The average Bonchev–Trinajstić information content (AvgIpc) is 2.63. The van der Waals surface area contributed by atoms with E-state index in [2.05, 4.69) is 22.9 Å². The highest BCUT2D eigenvalue weighted by atomic mass is 79.9. The predicted molar refractivity (Wildman–Crippen MR) is 73.4 cm³/mol. The first-order chi connectivity index (χ1) is 8.02. The van der Waals surface area contributed by atoms with Gasteiger partial charge in [0.05, 0.1) is 9.20 Å². The van der Waals surface area contributed by atoms with Crippen molar-refractivity contribution in [2.45, 2.75) is 39.0 Å². The molecule has 2 atom stereocenters. The number of carbonyl (C=O) groups is 1. The lowest BCUT2D eigenvalue weighted by atomic mass is 9.68. The summed E-state index contributed by atoms with van der Waals surface area (Å²) in [5, 5.41) is 9.57. The van der Waals surface area contributed by atoms with Crippen LogP contribution in [0.4, 0.5) is 0 Å². The standard InChI is InChI=1S/C13H17BrO2S/c1-9-3-2-6-13(7-9,12(15)16)8-10-4-5-11(14)17-10/h4-5,9H,2-3,6-8H2,1H3,(H,15,16). The Morgan fingerprint density at radius 2 is 2.41 bits per heavy atom. The maximum atomic E-state index is 11.6. The van der Waals surface area contributed by atoms with Gasteiger partial charge in [0.1, 0.15) is 0 Å². The molecule has 4 heteroatoms. The Kier molecular flexibility index (Phi) is 3.93. The van der Waals surface area contributed by atoms with Crippen LogP contribution in [0.3, 0.4) is 0 Å². The molecule has 1 fully saturated rings. The maximum Gasteiger partial charge on any atom is 0.310 e. The van der Waals surface area contributed by atoms with Gasteiger partial charge in [0, 0.05) is 4.88 Å². The molecule has 1 aromatic heterocycles. The molecule has 0 amide bonds. The van der Waals surface area contributed by atoms with Crippen LogP contribution in [0.2, 0.25) is 0 Å². The molecule has 0 bridgehead atoms. The smallest absolute Gasteiger partial charge is 0.310 e. The van der Waals surface area contributed by atoms with E-state index in [1.165, 1.54) is 11.3 Å². The lowest BCUT2D eigenvalue weighted by Crippen LogP contribution is -2.37. The van der Waals surface area contributed by atoms with Gasteiger partial charge in [0.2, 0.25) is 0 Å². The molecule has 1 heterocycles. The molecule has 2 unspecified atom stereocenters. The maximum absolute atomic E-state index is 11.6. The van der Waals surface area contributed by atoms with E-state index in [1.54, 1.807) is 11.3 Å². The molecule has 0 radical (unpaired) electrons. The topological polar surface area (TPSA) is 37.3 Å². The van der Waals surface area contributed by atoms with Gasteiger partial charge in [-0.3, -0.25) is 4.79 Å². The highest BCUT2D eigenvalue weighted by Gasteiger charge is 2.42. The van der Waals surface area contributed by atoms with E-state index < -0.39 is 11.4 Å². The van der Waals surface area contributed by atoms with Crippen LogP contribution >= 0.6 is 27.3 Å². The summed E-state index contributed by atoms with van der Waals surface area (Å²) in [6, 6.07) is 4.04. The predicted octanol–water partition coefficient (Wildman–Crippen LogP) is 4.33. The van der Waals surface area contributed by atoms with Crippen molar-refractivity contribution in [3.8, 4) is 0 Å². The number of carboxylic acids is 1. The quantitative estimate of drug-likeness (QED) is 0.901. The minimum atomic E-state index is -0.617. The monoisotopic (exact) mass is 316 g/mol. The van der Waals surface area contributed by atoms with Crippen molar-refractivity contribution in [3.05, 3.63) is 20.8 Å². The van der Waals surface area contributed by atoms with Gasteiger partial charge in [-0.05, 0) is 53.2 Å². The summed E-state index contributed by atoms with van der Waals surface area (Å²) in [6.45, 7) is 2.17. The third kappa shape index (κ3) is 2.91. The summed E-state index contributed by atoms with van der Waals surface area (Å²) in [5.41, 5.74) is -0.526. The average molecular weight is 317 g/mol. The lowest BCUT2D eigenvalue weighted by molar-refractivity contribution is -0.152. The zero-order chi connectivity index (χ0) is 12.5. The molecule has 2 nitrogen and oxygen atoms in total. The minimum absolute atomic E-state index is 0.526. The zero-order valence-corrected chi connectivity index (χ0v) is 12.3. The Hall–Kier alpha value is -0.350. The summed E-state index contributed by atoms with van der Waals surface area (Å²) in [5.74, 6) is -0.0863. The number of carboxylic acid groups (broad SMARTS) is 1.